The minimum absolute atomic E-state index is 0.140. The maximum absolute atomic E-state index is 13.2. The topological polar surface area (TPSA) is 36.4 Å². The molecule has 1 aromatic heterocycles. The quantitative estimate of drug-likeness (QED) is 0.874. The van der Waals surface area contributed by atoms with Crippen LogP contribution < -0.4 is 0 Å². The minimum atomic E-state index is -0.476. The van der Waals surface area contributed by atoms with Crippen LogP contribution in [0.1, 0.15) is 22.3 Å². The molecule has 2 aromatic rings. The van der Waals surface area contributed by atoms with Gasteiger partial charge < -0.3 is 4.90 Å². The molecular formula is C18H20FN3O. The Bertz CT molecular complexity index is 662. The number of hydrogen-bond donors (Lipinski definition) is 0. The molecule has 1 aliphatic rings. The van der Waals surface area contributed by atoms with Crippen LogP contribution >= 0.6 is 0 Å². The standard InChI is InChI=1S/C18H20FN3O/c19-17-11-16(12-20-13-17)18(23)22-8-4-7-21(9-10-22)14-15-5-2-1-3-6-15/h1-3,5-6,11-13H,4,7-10,14H2. The third-order valence-electron chi connectivity index (χ3n) is 4.08. The second-order valence-corrected chi connectivity index (χ2v) is 5.80. The molecule has 1 saturated heterocycles. The number of hydrogen-bond acceptors (Lipinski definition) is 3. The number of amides is 1. The molecule has 5 heteroatoms. The van der Waals surface area contributed by atoms with Crippen molar-refractivity contribution < 1.29 is 9.18 Å². The van der Waals surface area contributed by atoms with Crippen molar-refractivity contribution in [1.29, 1.82) is 0 Å². The smallest absolute Gasteiger partial charge is 0.255 e. The fraction of sp³-hybridized carbons (Fsp3) is 0.333. The molecule has 3 rings (SSSR count). The van der Waals surface area contributed by atoms with Gasteiger partial charge in [0.1, 0.15) is 5.82 Å². The number of rotatable bonds is 3. The molecule has 23 heavy (non-hydrogen) atoms. The molecule has 0 bridgehead atoms. The van der Waals surface area contributed by atoms with Gasteiger partial charge in [0, 0.05) is 38.9 Å². The molecule has 0 spiro atoms. The average Bonchev–Trinajstić information content (AvgIpc) is 2.81. The van der Waals surface area contributed by atoms with E-state index in [1.807, 2.05) is 18.2 Å². The Morgan fingerprint density at radius 1 is 1.09 bits per heavy atom. The summed E-state index contributed by atoms with van der Waals surface area (Å²) in [5.74, 6) is -0.616. The molecule has 120 valence electrons. The second kappa shape index (κ2) is 7.33. The maximum Gasteiger partial charge on any atom is 0.255 e. The number of carbonyl (C=O) groups is 1. The summed E-state index contributed by atoms with van der Waals surface area (Å²) in [6, 6.07) is 11.6. The molecule has 0 saturated carbocycles. The molecular weight excluding hydrogens is 293 g/mol. The van der Waals surface area contributed by atoms with E-state index in [2.05, 4.69) is 22.0 Å². The van der Waals surface area contributed by atoms with E-state index in [9.17, 15) is 9.18 Å². The Hall–Kier alpha value is -2.27. The van der Waals surface area contributed by atoms with Crippen LogP contribution in [0.4, 0.5) is 4.39 Å². The molecule has 1 aromatic carbocycles. The van der Waals surface area contributed by atoms with Crippen molar-refractivity contribution in [3.8, 4) is 0 Å². The van der Waals surface area contributed by atoms with Gasteiger partial charge in [0.2, 0.25) is 0 Å². The summed E-state index contributed by atoms with van der Waals surface area (Å²) < 4.78 is 13.2. The summed E-state index contributed by atoms with van der Waals surface area (Å²) >= 11 is 0. The Morgan fingerprint density at radius 3 is 2.70 bits per heavy atom. The first-order valence-corrected chi connectivity index (χ1v) is 7.88. The lowest BCUT2D eigenvalue weighted by Crippen LogP contribution is -2.35. The Balaban J connectivity index is 1.61. The molecule has 1 aliphatic heterocycles. The second-order valence-electron chi connectivity index (χ2n) is 5.80. The number of carbonyl (C=O) groups excluding carboxylic acids is 1. The molecule has 1 amide bonds. The first-order chi connectivity index (χ1) is 11.2. The normalized spacial score (nSPS) is 16.1. The summed E-state index contributed by atoms with van der Waals surface area (Å²) in [5.41, 5.74) is 1.60. The van der Waals surface area contributed by atoms with E-state index in [0.717, 1.165) is 32.3 Å². The van der Waals surface area contributed by atoms with Gasteiger partial charge in [0.05, 0.1) is 11.8 Å². The first-order valence-electron chi connectivity index (χ1n) is 7.88. The summed E-state index contributed by atoms with van der Waals surface area (Å²) in [5, 5.41) is 0. The van der Waals surface area contributed by atoms with Gasteiger partial charge >= 0.3 is 0 Å². The van der Waals surface area contributed by atoms with Crippen molar-refractivity contribution in [1.82, 2.24) is 14.8 Å². The predicted molar refractivity (Wildman–Crippen MR) is 86.4 cm³/mol. The van der Waals surface area contributed by atoms with Gasteiger partial charge in [-0.3, -0.25) is 14.7 Å². The zero-order valence-corrected chi connectivity index (χ0v) is 13.0. The SMILES string of the molecule is O=C(c1cncc(F)c1)N1CCCN(Cc2ccccc2)CC1. The Kier molecular flexibility index (Phi) is 4.98. The lowest BCUT2D eigenvalue weighted by atomic mass is 10.2. The van der Waals surface area contributed by atoms with E-state index in [1.54, 1.807) is 4.90 Å². The molecule has 4 nitrogen and oxygen atoms in total. The monoisotopic (exact) mass is 313 g/mol. The highest BCUT2D eigenvalue weighted by atomic mass is 19.1. The van der Waals surface area contributed by atoms with E-state index < -0.39 is 5.82 Å². The van der Waals surface area contributed by atoms with Gasteiger partial charge in [-0.1, -0.05) is 30.3 Å². The average molecular weight is 313 g/mol. The lowest BCUT2D eigenvalue weighted by molar-refractivity contribution is 0.0760. The third-order valence-corrected chi connectivity index (χ3v) is 4.08. The van der Waals surface area contributed by atoms with E-state index >= 15 is 0 Å². The van der Waals surface area contributed by atoms with Crippen LogP contribution in [-0.4, -0.2) is 46.9 Å². The van der Waals surface area contributed by atoms with Crippen LogP contribution in [0, 0.1) is 5.82 Å². The largest absolute Gasteiger partial charge is 0.337 e. The van der Waals surface area contributed by atoms with E-state index in [4.69, 9.17) is 0 Å². The number of halogens is 1. The highest BCUT2D eigenvalue weighted by Gasteiger charge is 2.20. The fourth-order valence-corrected chi connectivity index (χ4v) is 2.89. The molecule has 0 atom stereocenters. The molecule has 1 fully saturated rings. The van der Waals surface area contributed by atoms with Crippen molar-refractivity contribution in [3.63, 3.8) is 0 Å². The van der Waals surface area contributed by atoms with Gasteiger partial charge in [-0.2, -0.15) is 0 Å². The predicted octanol–water partition coefficient (Wildman–Crippen LogP) is 2.57. The van der Waals surface area contributed by atoms with Crippen LogP contribution in [-0.2, 0) is 6.54 Å². The van der Waals surface area contributed by atoms with Gasteiger partial charge in [0.25, 0.3) is 5.91 Å². The van der Waals surface area contributed by atoms with Crippen molar-refractivity contribution in [3.05, 3.63) is 65.7 Å². The van der Waals surface area contributed by atoms with Crippen LogP contribution in [0.2, 0.25) is 0 Å². The molecule has 0 radical (unpaired) electrons. The summed E-state index contributed by atoms with van der Waals surface area (Å²) in [7, 11) is 0. The minimum Gasteiger partial charge on any atom is -0.337 e. The number of aromatic nitrogens is 1. The van der Waals surface area contributed by atoms with Crippen molar-refractivity contribution in [2.24, 2.45) is 0 Å². The molecule has 0 N–H and O–H groups in total. The van der Waals surface area contributed by atoms with Crippen LogP contribution in [0.3, 0.4) is 0 Å². The van der Waals surface area contributed by atoms with Gasteiger partial charge in [-0.25, -0.2) is 4.39 Å². The third kappa shape index (κ3) is 4.13. The van der Waals surface area contributed by atoms with Gasteiger partial charge in [-0.05, 0) is 18.1 Å². The lowest BCUT2D eigenvalue weighted by Gasteiger charge is -2.22. The highest BCUT2D eigenvalue weighted by molar-refractivity contribution is 5.93. The molecule has 0 unspecified atom stereocenters. The van der Waals surface area contributed by atoms with Crippen molar-refractivity contribution >= 4 is 5.91 Å². The number of benzene rings is 1. The first kappa shape index (κ1) is 15.6. The Morgan fingerprint density at radius 2 is 1.91 bits per heavy atom. The Labute approximate surface area is 135 Å². The number of pyridine rings is 1. The van der Waals surface area contributed by atoms with Crippen LogP contribution in [0.25, 0.3) is 0 Å². The van der Waals surface area contributed by atoms with E-state index in [1.165, 1.54) is 17.8 Å². The van der Waals surface area contributed by atoms with E-state index in [0.29, 0.717) is 18.7 Å². The molecule has 2 heterocycles. The summed E-state index contributed by atoms with van der Waals surface area (Å²) in [4.78, 5) is 20.4. The summed E-state index contributed by atoms with van der Waals surface area (Å²) in [6.45, 7) is 4.02. The highest BCUT2D eigenvalue weighted by Crippen LogP contribution is 2.12. The number of nitrogens with zero attached hydrogens (tertiary/aromatic N) is 3. The van der Waals surface area contributed by atoms with Crippen LogP contribution in [0.15, 0.2) is 48.8 Å². The summed E-state index contributed by atoms with van der Waals surface area (Å²) in [6.07, 6.45) is 3.46. The zero-order chi connectivity index (χ0) is 16.1. The van der Waals surface area contributed by atoms with Gasteiger partial charge in [0.15, 0.2) is 0 Å². The van der Waals surface area contributed by atoms with Crippen molar-refractivity contribution in [2.45, 2.75) is 13.0 Å². The zero-order valence-electron chi connectivity index (χ0n) is 13.0. The van der Waals surface area contributed by atoms with Gasteiger partial charge in [-0.15, -0.1) is 0 Å². The fourth-order valence-electron chi connectivity index (χ4n) is 2.89. The van der Waals surface area contributed by atoms with Crippen molar-refractivity contribution in [2.75, 3.05) is 26.2 Å². The van der Waals surface area contributed by atoms with Crippen LogP contribution in [0.5, 0.6) is 0 Å². The molecule has 0 aliphatic carbocycles. The van der Waals surface area contributed by atoms with E-state index in [-0.39, 0.29) is 5.91 Å². The maximum atomic E-state index is 13.2.